The molecule has 1 unspecified atom stereocenters. The fourth-order valence-electron chi connectivity index (χ4n) is 1.33. The first-order valence-electron chi connectivity index (χ1n) is 4.97. The van der Waals surface area contributed by atoms with Gasteiger partial charge in [0.05, 0.1) is 5.69 Å². The van der Waals surface area contributed by atoms with Crippen molar-refractivity contribution in [2.24, 2.45) is 5.92 Å². The van der Waals surface area contributed by atoms with Crippen LogP contribution in [0, 0.1) is 5.92 Å². The average molecular weight is 214 g/mol. The van der Waals surface area contributed by atoms with Crippen LogP contribution in [-0.4, -0.2) is 10.1 Å². The quantitative estimate of drug-likeness (QED) is 0.809. The van der Waals surface area contributed by atoms with Gasteiger partial charge >= 0.3 is 0 Å². The molecule has 3 nitrogen and oxygen atoms in total. The lowest BCUT2D eigenvalue weighted by Gasteiger charge is -2.09. The smallest absolute Gasteiger partial charge is 0.124 e. The summed E-state index contributed by atoms with van der Waals surface area (Å²) in [6.45, 7) is 6.19. The molecule has 3 N–H and O–H groups in total. The van der Waals surface area contributed by atoms with Crippen molar-refractivity contribution in [3.63, 3.8) is 0 Å². The predicted molar refractivity (Wildman–Crippen MR) is 60.3 cm³/mol. The van der Waals surface area contributed by atoms with Crippen molar-refractivity contribution < 1.29 is 5.11 Å². The molecule has 14 heavy (non-hydrogen) atoms. The van der Waals surface area contributed by atoms with E-state index in [1.807, 2.05) is 6.92 Å². The molecule has 0 spiro atoms. The third kappa shape index (κ3) is 2.69. The van der Waals surface area contributed by atoms with Gasteiger partial charge in [0, 0.05) is 0 Å². The molecule has 0 aliphatic heterocycles. The Morgan fingerprint density at radius 1 is 1.50 bits per heavy atom. The van der Waals surface area contributed by atoms with Crippen LogP contribution >= 0.6 is 11.3 Å². The number of anilines is 1. The minimum atomic E-state index is -0.456. The van der Waals surface area contributed by atoms with Crippen molar-refractivity contribution in [3.05, 3.63) is 10.7 Å². The molecule has 1 rings (SSSR count). The summed E-state index contributed by atoms with van der Waals surface area (Å²) in [5, 5.41) is 11.3. The molecular formula is C10H18N2OS. The fraction of sp³-hybridized carbons (Fsp3) is 0.700. The van der Waals surface area contributed by atoms with Gasteiger partial charge < -0.3 is 10.8 Å². The number of thiazole rings is 1. The fourth-order valence-corrected chi connectivity index (χ4v) is 2.25. The normalized spacial score (nSPS) is 13.5. The monoisotopic (exact) mass is 214 g/mol. The van der Waals surface area contributed by atoms with E-state index in [0.717, 1.165) is 28.5 Å². The Kier molecular flexibility index (Phi) is 3.89. The molecule has 0 fully saturated rings. The summed E-state index contributed by atoms with van der Waals surface area (Å²) in [7, 11) is 0. The summed E-state index contributed by atoms with van der Waals surface area (Å²) < 4.78 is 0. The molecule has 1 heterocycles. The van der Waals surface area contributed by atoms with Crippen LogP contribution in [0.3, 0.4) is 0 Å². The van der Waals surface area contributed by atoms with Crippen molar-refractivity contribution in [1.29, 1.82) is 0 Å². The molecule has 80 valence electrons. The van der Waals surface area contributed by atoms with Crippen molar-refractivity contribution in [2.75, 3.05) is 5.73 Å². The summed E-state index contributed by atoms with van der Waals surface area (Å²) in [4.78, 5) is 4.32. The molecule has 0 saturated carbocycles. The second-order valence-corrected chi connectivity index (χ2v) is 4.92. The van der Waals surface area contributed by atoms with Crippen LogP contribution in [0.1, 0.15) is 44.0 Å². The van der Waals surface area contributed by atoms with Crippen LogP contribution in [0.2, 0.25) is 0 Å². The zero-order valence-corrected chi connectivity index (χ0v) is 9.77. The molecule has 1 aromatic heterocycles. The molecule has 0 aliphatic rings. The number of nitrogens with zero attached hydrogens (tertiary/aromatic N) is 1. The third-order valence-corrected chi connectivity index (χ3v) is 3.09. The predicted octanol–water partition coefficient (Wildman–Crippen LogP) is 2.37. The average Bonchev–Trinajstić information content (AvgIpc) is 2.45. The van der Waals surface area contributed by atoms with E-state index in [4.69, 9.17) is 5.73 Å². The van der Waals surface area contributed by atoms with E-state index in [-0.39, 0.29) is 0 Å². The number of nitrogen functional groups attached to an aromatic ring is 1. The number of aryl methyl sites for hydroxylation is 1. The minimum absolute atomic E-state index is 0.456. The number of aliphatic hydroxyl groups excluding tert-OH is 1. The highest BCUT2D eigenvalue weighted by molar-refractivity contribution is 7.15. The molecule has 0 bridgehead atoms. The summed E-state index contributed by atoms with van der Waals surface area (Å²) in [6.07, 6.45) is 1.12. The van der Waals surface area contributed by atoms with Gasteiger partial charge in [-0.05, 0) is 18.8 Å². The van der Waals surface area contributed by atoms with Crippen molar-refractivity contribution >= 4 is 16.3 Å². The molecular weight excluding hydrogens is 196 g/mol. The Labute approximate surface area is 89.0 Å². The topological polar surface area (TPSA) is 59.1 Å². The first-order chi connectivity index (χ1) is 6.54. The molecule has 0 aliphatic carbocycles. The van der Waals surface area contributed by atoms with Gasteiger partial charge in [-0.2, -0.15) is 0 Å². The summed E-state index contributed by atoms with van der Waals surface area (Å²) in [6, 6.07) is 0. The van der Waals surface area contributed by atoms with E-state index < -0.39 is 6.10 Å². The summed E-state index contributed by atoms with van der Waals surface area (Å²) >= 11 is 1.41. The molecule has 1 atom stereocenters. The number of aliphatic hydroxyl groups is 1. The lowest BCUT2D eigenvalue weighted by Crippen LogP contribution is -2.01. The SMILES string of the molecule is CCc1nc(C(O)CC(C)C)sc1N. The third-order valence-electron chi connectivity index (χ3n) is 2.06. The van der Waals surface area contributed by atoms with Gasteiger partial charge in [-0.3, -0.25) is 0 Å². The van der Waals surface area contributed by atoms with Gasteiger partial charge in [-0.25, -0.2) is 4.98 Å². The van der Waals surface area contributed by atoms with Crippen LogP contribution in [0.5, 0.6) is 0 Å². The summed E-state index contributed by atoms with van der Waals surface area (Å²) in [5.41, 5.74) is 6.68. The number of rotatable bonds is 4. The number of aromatic nitrogens is 1. The Balaban J connectivity index is 2.75. The van der Waals surface area contributed by atoms with Gasteiger partial charge in [0.25, 0.3) is 0 Å². The molecule has 4 heteroatoms. The highest BCUT2D eigenvalue weighted by Gasteiger charge is 2.15. The maximum Gasteiger partial charge on any atom is 0.124 e. The van der Waals surface area contributed by atoms with Gasteiger partial charge in [0.1, 0.15) is 16.1 Å². The van der Waals surface area contributed by atoms with Crippen LogP contribution in [0.25, 0.3) is 0 Å². The van der Waals surface area contributed by atoms with Crippen LogP contribution in [0.15, 0.2) is 0 Å². The number of nitrogens with two attached hydrogens (primary N) is 1. The second kappa shape index (κ2) is 4.75. The molecule has 0 aromatic carbocycles. The van der Waals surface area contributed by atoms with Crippen molar-refractivity contribution in [3.8, 4) is 0 Å². The zero-order chi connectivity index (χ0) is 10.7. The van der Waals surface area contributed by atoms with Gasteiger partial charge in [-0.1, -0.05) is 32.1 Å². The van der Waals surface area contributed by atoms with Crippen LogP contribution < -0.4 is 5.73 Å². The lowest BCUT2D eigenvalue weighted by molar-refractivity contribution is 0.150. The van der Waals surface area contributed by atoms with Crippen molar-refractivity contribution in [2.45, 2.75) is 39.7 Å². The maximum atomic E-state index is 9.82. The Hall–Kier alpha value is -0.610. The molecule has 0 saturated heterocycles. The molecule has 0 amide bonds. The number of hydrogen-bond donors (Lipinski definition) is 2. The lowest BCUT2D eigenvalue weighted by atomic mass is 10.1. The van der Waals surface area contributed by atoms with Gasteiger partial charge in [0.15, 0.2) is 0 Å². The highest BCUT2D eigenvalue weighted by atomic mass is 32.1. The number of hydrogen-bond acceptors (Lipinski definition) is 4. The van der Waals surface area contributed by atoms with E-state index in [9.17, 15) is 5.11 Å². The molecule has 0 radical (unpaired) electrons. The van der Waals surface area contributed by atoms with E-state index in [1.54, 1.807) is 0 Å². The first-order valence-corrected chi connectivity index (χ1v) is 5.79. The van der Waals surface area contributed by atoms with Gasteiger partial charge in [-0.15, -0.1) is 0 Å². The Bertz CT molecular complexity index is 296. The zero-order valence-electron chi connectivity index (χ0n) is 8.95. The second-order valence-electron chi connectivity index (χ2n) is 3.86. The standard InChI is InChI=1S/C10H18N2OS/c1-4-7-9(11)14-10(12-7)8(13)5-6(2)3/h6,8,13H,4-5,11H2,1-3H3. The van der Waals surface area contributed by atoms with Crippen LogP contribution in [0.4, 0.5) is 5.00 Å². The molecule has 1 aromatic rings. The minimum Gasteiger partial charge on any atom is -0.389 e. The largest absolute Gasteiger partial charge is 0.389 e. The van der Waals surface area contributed by atoms with E-state index in [1.165, 1.54) is 11.3 Å². The highest BCUT2D eigenvalue weighted by Crippen LogP contribution is 2.29. The first kappa shape index (κ1) is 11.5. The van der Waals surface area contributed by atoms with E-state index in [0.29, 0.717) is 5.92 Å². The maximum absolute atomic E-state index is 9.82. The van der Waals surface area contributed by atoms with Crippen molar-refractivity contribution in [1.82, 2.24) is 4.98 Å². The van der Waals surface area contributed by atoms with Gasteiger partial charge in [0.2, 0.25) is 0 Å². The Morgan fingerprint density at radius 3 is 2.57 bits per heavy atom. The van der Waals surface area contributed by atoms with E-state index in [2.05, 4.69) is 18.8 Å². The summed E-state index contributed by atoms with van der Waals surface area (Å²) in [5.74, 6) is 0.472. The Morgan fingerprint density at radius 2 is 2.14 bits per heavy atom. The van der Waals surface area contributed by atoms with E-state index >= 15 is 0 Å². The van der Waals surface area contributed by atoms with Crippen LogP contribution in [-0.2, 0) is 6.42 Å².